The van der Waals surface area contributed by atoms with E-state index in [1.807, 2.05) is 27.7 Å². The van der Waals surface area contributed by atoms with Crippen LogP contribution in [0.3, 0.4) is 0 Å². The molecule has 102 valence electrons. The van der Waals surface area contributed by atoms with E-state index in [1.54, 1.807) is 18.2 Å². The molecule has 2 unspecified atom stereocenters. The normalized spacial score (nSPS) is 15.3. The predicted octanol–water partition coefficient (Wildman–Crippen LogP) is 2.29. The molecule has 1 aromatic carbocycles. The van der Waals surface area contributed by atoms with Crippen LogP contribution in [0.1, 0.15) is 32.8 Å². The summed E-state index contributed by atoms with van der Waals surface area (Å²) in [5.74, 6) is 0.284. The van der Waals surface area contributed by atoms with Gasteiger partial charge < -0.3 is 5.73 Å². The second-order valence-corrected chi connectivity index (χ2v) is 6.52. The maximum atomic E-state index is 12.2. The average molecular weight is 270 g/mol. The second-order valence-electron chi connectivity index (χ2n) is 4.84. The lowest BCUT2D eigenvalue weighted by molar-refractivity contribution is 0.434. The number of sulfonamides is 1. The first-order valence-electron chi connectivity index (χ1n) is 6.16. The van der Waals surface area contributed by atoms with E-state index in [1.165, 1.54) is 0 Å². The lowest BCUT2D eigenvalue weighted by atomic mass is 10.0. The molecule has 4 nitrogen and oxygen atoms in total. The number of hydrogen-bond acceptors (Lipinski definition) is 3. The van der Waals surface area contributed by atoms with Crippen molar-refractivity contribution >= 4 is 15.7 Å². The lowest BCUT2D eigenvalue weighted by Gasteiger charge is -2.20. The molecule has 0 aliphatic carbocycles. The van der Waals surface area contributed by atoms with Crippen LogP contribution in [0.2, 0.25) is 0 Å². The van der Waals surface area contributed by atoms with Crippen molar-refractivity contribution in [2.24, 2.45) is 5.92 Å². The maximum absolute atomic E-state index is 12.2. The number of nitrogens with one attached hydrogen (secondary N) is 1. The summed E-state index contributed by atoms with van der Waals surface area (Å²) in [4.78, 5) is 0.156. The highest BCUT2D eigenvalue weighted by atomic mass is 32.2. The van der Waals surface area contributed by atoms with Crippen LogP contribution >= 0.6 is 0 Å². The van der Waals surface area contributed by atoms with Crippen LogP contribution < -0.4 is 10.5 Å². The van der Waals surface area contributed by atoms with E-state index in [4.69, 9.17) is 5.73 Å². The van der Waals surface area contributed by atoms with E-state index in [-0.39, 0.29) is 16.9 Å². The highest BCUT2D eigenvalue weighted by Crippen LogP contribution is 2.20. The summed E-state index contributed by atoms with van der Waals surface area (Å²) in [6.07, 6.45) is 0.924. The zero-order chi connectivity index (χ0) is 13.9. The van der Waals surface area contributed by atoms with Crippen LogP contribution in [-0.4, -0.2) is 14.5 Å². The zero-order valence-corrected chi connectivity index (χ0v) is 12.2. The minimum Gasteiger partial charge on any atom is -0.398 e. The molecule has 0 aliphatic rings. The van der Waals surface area contributed by atoms with Gasteiger partial charge in [-0.2, -0.15) is 0 Å². The number of aryl methyl sites for hydroxylation is 1. The van der Waals surface area contributed by atoms with E-state index in [9.17, 15) is 8.42 Å². The molecule has 1 rings (SSSR count). The number of nitrogens with two attached hydrogens (primary N) is 1. The number of hydrogen-bond donors (Lipinski definition) is 2. The Hall–Kier alpha value is -1.07. The summed E-state index contributed by atoms with van der Waals surface area (Å²) in [6, 6.07) is 4.86. The third-order valence-corrected chi connectivity index (χ3v) is 4.93. The molecule has 0 fully saturated rings. The van der Waals surface area contributed by atoms with E-state index >= 15 is 0 Å². The maximum Gasteiger partial charge on any atom is 0.242 e. The van der Waals surface area contributed by atoms with Gasteiger partial charge in [-0.05, 0) is 37.5 Å². The van der Waals surface area contributed by atoms with Gasteiger partial charge in [-0.15, -0.1) is 0 Å². The van der Waals surface area contributed by atoms with Crippen LogP contribution in [0.25, 0.3) is 0 Å². The Balaban J connectivity index is 3.00. The predicted molar refractivity (Wildman–Crippen MR) is 74.8 cm³/mol. The fraction of sp³-hybridized carbons (Fsp3) is 0.538. The molecular weight excluding hydrogens is 248 g/mol. The minimum atomic E-state index is -3.54. The Morgan fingerprint density at radius 3 is 2.44 bits per heavy atom. The number of benzene rings is 1. The molecule has 0 bridgehead atoms. The second kappa shape index (κ2) is 5.71. The molecule has 3 N–H and O–H groups in total. The number of rotatable bonds is 5. The van der Waals surface area contributed by atoms with Crippen molar-refractivity contribution in [2.45, 2.75) is 45.1 Å². The molecule has 0 saturated carbocycles. The molecule has 1 aromatic rings. The van der Waals surface area contributed by atoms with E-state index in [0.29, 0.717) is 5.69 Å². The van der Waals surface area contributed by atoms with Crippen LogP contribution in [0.5, 0.6) is 0 Å². The zero-order valence-electron chi connectivity index (χ0n) is 11.4. The van der Waals surface area contributed by atoms with Gasteiger partial charge in [0.2, 0.25) is 10.0 Å². The highest BCUT2D eigenvalue weighted by molar-refractivity contribution is 7.89. The topological polar surface area (TPSA) is 72.2 Å². The number of nitrogen functional groups attached to an aromatic ring is 1. The van der Waals surface area contributed by atoms with Crippen molar-refractivity contribution in [3.63, 3.8) is 0 Å². The smallest absolute Gasteiger partial charge is 0.242 e. The van der Waals surface area contributed by atoms with Gasteiger partial charge in [-0.1, -0.05) is 26.3 Å². The Kier molecular flexibility index (Phi) is 4.76. The third-order valence-electron chi connectivity index (χ3n) is 3.29. The molecule has 0 saturated heterocycles. The Bertz CT molecular complexity index is 512. The molecule has 0 aliphatic heterocycles. The van der Waals surface area contributed by atoms with Crippen LogP contribution in [-0.2, 0) is 10.0 Å². The van der Waals surface area contributed by atoms with Crippen LogP contribution in [0.4, 0.5) is 5.69 Å². The SMILES string of the molecule is CCC(C)C(C)NS(=O)(=O)c1ccc(C)cc1N. The Labute approximate surface area is 110 Å². The summed E-state index contributed by atoms with van der Waals surface area (Å²) in [5, 5.41) is 0. The first-order chi connectivity index (χ1) is 8.27. The van der Waals surface area contributed by atoms with E-state index in [0.717, 1.165) is 12.0 Å². The van der Waals surface area contributed by atoms with Gasteiger partial charge in [0, 0.05) is 6.04 Å². The number of anilines is 1. The average Bonchev–Trinajstić information content (AvgIpc) is 2.26. The summed E-state index contributed by atoms with van der Waals surface area (Å²) >= 11 is 0. The summed E-state index contributed by atoms with van der Waals surface area (Å²) in [6.45, 7) is 7.81. The first-order valence-corrected chi connectivity index (χ1v) is 7.64. The van der Waals surface area contributed by atoms with Gasteiger partial charge in [0.05, 0.1) is 5.69 Å². The van der Waals surface area contributed by atoms with Gasteiger partial charge in [-0.3, -0.25) is 0 Å². The Morgan fingerprint density at radius 1 is 1.33 bits per heavy atom. The van der Waals surface area contributed by atoms with Gasteiger partial charge >= 0.3 is 0 Å². The fourth-order valence-electron chi connectivity index (χ4n) is 1.69. The van der Waals surface area contributed by atoms with Crippen molar-refractivity contribution < 1.29 is 8.42 Å². The first kappa shape index (κ1) is 15.0. The molecule has 0 spiro atoms. The fourth-order valence-corrected chi connectivity index (χ4v) is 3.16. The van der Waals surface area contributed by atoms with Crippen molar-refractivity contribution in [1.29, 1.82) is 0 Å². The van der Waals surface area contributed by atoms with Crippen molar-refractivity contribution in [3.05, 3.63) is 23.8 Å². The third kappa shape index (κ3) is 3.46. The molecule has 0 radical (unpaired) electrons. The summed E-state index contributed by atoms with van der Waals surface area (Å²) < 4.78 is 27.1. The molecule has 0 heterocycles. The van der Waals surface area contributed by atoms with Gasteiger partial charge in [-0.25, -0.2) is 13.1 Å². The molecular formula is C13H22N2O2S. The minimum absolute atomic E-state index is 0.110. The Morgan fingerprint density at radius 2 is 1.94 bits per heavy atom. The largest absolute Gasteiger partial charge is 0.398 e. The summed E-state index contributed by atoms with van der Waals surface area (Å²) in [7, 11) is -3.54. The molecule has 0 aromatic heterocycles. The van der Waals surface area contributed by atoms with Gasteiger partial charge in [0.1, 0.15) is 4.90 Å². The molecule has 2 atom stereocenters. The van der Waals surface area contributed by atoms with Crippen molar-refractivity contribution in [3.8, 4) is 0 Å². The van der Waals surface area contributed by atoms with Crippen molar-refractivity contribution in [2.75, 3.05) is 5.73 Å². The van der Waals surface area contributed by atoms with Gasteiger partial charge in [0.25, 0.3) is 0 Å². The van der Waals surface area contributed by atoms with E-state index in [2.05, 4.69) is 4.72 Å². The highest BCUT2D eigenvalue weighted by Gasteiger charge is 2.22. The van der Waals surface area contributed by atoms with E-state index < -0.39 is 10.0 Å². The van der Waals surface area contributed by atoms with Crippen LogP contribution in [0, 0.1) is 12.8 Å². The quantitative estimate of drug-likeness (QED) is 0.806. The van der Waals surface area contributed by atoms with Gasteiger partial charge in [0.15, 0.2) is 0 Å². The standard InChI is InChI=1S/C13H22N2O2S/c1-5-10(3)11(4)15-18(16,17)13-7-6-9(2)8-12(13)14/h6-8,10-11,15H,5,14H2,1-4H3. The molecule has 0 amide bonds. The van der Waals surface area contributed by atoms with Crippen LogP contribution in [0.15, 0.2) is 23.1 Å². The van der Waals surface area contributed by atoms with Crippen molar-refractivity contribution in [1.82, 2.24) is 4.72 Å². The molecule has 5 heteroatoms. The monoisotopic (exact) mass is 270 g/mol. The molecule has 18 heavy (non-hydrogen) atoms. The summed E-state index contributed by atoms with van der Waals surface area (Å²) in [5.41, 5.74) is 7.01. The lowest BCUT2D eigenvalue weighted by Crippen LogP contribution is -2.37.